The molecule has 10 aromatic rings. The summed E-state index contributed by atoms with van der Waals surface area (Å²) in [6, 6.07) is 66.0. The van der Waals surface area contributed by atoms with Gasteiger partial charge >= 0.3 is 0 Å². The maximum atomic E-state index is 5.39. The summed E-state index contributed by atoms with van der Waals surface area (Å²) in [5.74, 6) is 0.713. The zero-order valence-corrected chi connectivity index (χ0v) is 31.9. The van der Waals surface area contributed by atoms with Crippen LogP contribution in [0.4, 0.5) is 0 Å². The smallest absolute Gasteiger partial charge is 0.160 e. The van der Waals surface area contributed by atoms with Gasteiger partial charge in [0.15, 0.2) is 5.82 Å². The van der Waals surface area contributed by atoms with E-state index in [9.17, 15) is 0 Å². The fourth-order valence-electron chi connectivity index (χ4n) is 8.96. The molecular formula is C53H36N2S. The quantitative estimate of drug-likeness (QED) is 0.176. The minimum Gasteiger partial charge on any atom is -0.228 e. The Bertz CT molecular complexity index is 3170. The summed E-state index contributed by atoms with van der Waals surface area (Å²) in [6.45, 7) is 4.67. The number of thiophene rings is 1. The fraction of sp³-hybridized carbons (Fsp3) is 0.0566. The Morgan fingerprint density at radius 3 is 1.89 bits per heavy atom. The molecule has 2 heterocycles. The van der Waals surface area contributed by atoms with Crippen LogP contribution in [0.1, 0.15) is 25.0 Å². The van der Waals surface area contributed by atoms with Crippen molar-refractivity contribution in [3.63, 3.8) is 0 Å². The molecule has 8 aromatic carbocycles. The summed E-state index contributed by atoms with van der Waals surface area (Å²) < 4.78 is 2.60. The van der Waals surface area contributed by atoms with Crippen LogP contribution in [-0.2, 0) is 5.41 Å². The monoisotopic (exact) mass is 732 g/mol. The molecule has 0 aliphatic heterocycles. The molecular weight excluding hydrogens is 697 g/mol. The van der Waals surface area contributed by atoms with Gasteiger partial charge in [-0.05, 0) is 85.6 Å². The maximum absolute atomic E-state index is 5.39. The van der Waals surface area contributed by atoms with Crippen molar-refractivity contribution in [2.75, 3.05) is 0 Å². The molecule has 0 N–H and O–H groups in total. The van der Waals surface area contributed by atoms with Gasteiger partial charge in [0.25, 0.3) is 0 Å². The largest absolute Gasteiger partial charge is 0.228 e. The zero-order chi connectivity index (χ0) is 37.4. The lowest BCUT2D eigenvalue weighted by atomic mass is 9.82. The second-order valence-electron chi connectivity index (χ2n) is 15.3. The van der Waals surface area contributed by atoms with Crippen LogP contribution in [0.3, 0.4) is 0 Å². The number of aromatic nitrogens is 2. The first-order chi connectivity index (χ1) is 27.5. The van der Waals surface area contributed by atoms with Crippen LogP contribution < -0.4 is 0 Å². The molecule has 2 nitrogen and oxygen atoms in total. The Kier molecular flexibility index (Phi) is 7.42. The van der Waals surface area contributed by atoms with Gasteiger partial charge in [0, 0.05) is 42.3 Å². The SMILES string of the molecule is CC1(C)c2ccccc2-c2c(-c3cc(-c4cc(-c5cccc6ccccc56)cc(-c5cccc6c5sc5ccccc56)c4)nc(-c4ccccc4)n3)cccc21. The molecule has 1 aliphatic rings. The highest BCUT2D eigenvalue weighted by Gasteiger charge is 2.36. The number of rotatable bonds is 5. The van der Waals surface area contributed by atoms with Crippen molar-refractivity contribution in [1.29, 1.82) is 0 Å². The molecule has 0 bridgehead atoms. The van der Waals surface area contributed by atoms with Gasteiger partial charge in [-0.3, -0.25) is 0 Å². The molecule has 0 spiro atoms. The normalized spacial score (nSPS) is 13.0. The summed E-state index contributed by atoms with van der Waals surface area (Å²) in [7, 11) is 0. The van der Waals surface area contributed by atoms with Gasteiger partial charge in [0.05, 0.1) is 11.4 Å². The average Bonchev–Trinajstić information content (AvgIpc) is 3.75. The van der Waals surface area contributed by atoms with Gasteiger partial charge in [0.1, 0.15) is 0 Å². The lowest BCUT2D eigenvalue weighted by molar-refractivity contribution is 0.660. The lowest BCUT2D eigenvalue weighted by Gasteiger charge is -2.21. The zero-order valence-electron chi connectivity index (χ0n) is 31.1. The third-order valence-electron chi connectivity index (χ3n) is 11.7. The first-order valence-electron chi connectivity index (χ1n) is 19.2. The number of hydrogen-bond donors (Lipinski definition) is 0. The van der Waals surface area contributed by atoms with Crippen LogP contribution in [-0.4, -0.2) is 9.97 Å². The standard InChI is InChI=1S/C53H36N2S/c1-53(2)45-26-10-8-21-43(45)50-44(25-14-27-46(50)53)48-32-47(54-52(55-48)34-16-4-3-5-17-34)37-30-35(39-22-12-18-33-15-6-7-19-38(33)39)29-36(31-37)40-23-13-24-42-41-20-9-11-28-49(41)56-51(40)42/h3-32H,1-2H3. The predicted molar refractivity (Wildman–Crippen MR) is 237 cm³/mol. The Morgan fingerprint density at radius 2 is 1.00 bits per heavy atom. The molecule has 0 fully saturated rings. The van der Waals surface area contributed by atoms with Crippen LogP contribution in [0, 0.1) is 0 Å². The third kappa shape index (κ3) is 5.16. The number of benzene rings is 8. The summed E-state index contributed by atoms with van der Waals surface area (Å²) in [5.41, 5.74) is 14.8. The van der Waals surface area contributed by atoms with E-state index in [1.807, 2.05) is 17.4 Å². The van der Waals surface area contributed by atoms with Gasteiger partial charge < -0.3 is 0 Å². The van der Waals surface area contributed by atoms with E-state index < -0.39 is 0 Å². The Hall–Kier alpha value is -6.68. The van der Waals surface area contributed by atoms with E-state index in [1.165, 1.54) is 69.9 Å². The minimum absolute atomic E-state index is 0.116. The molecule has 3 heteroatoms. The van der Waals surface area contributed by atoms with E-state index in [0.717, 1.165) is 33.6 Å². The molecule has 1 aliphatic carbocycles. The lowest BCUT2D eigenvalue weighted by Crippen LogP contribution is -2.14. The van der Waals surface area contributed by atoms with Crippen molar-refractivity contribution in [1.82, 2.24) is 9.97 Å². The van der Waals surface area contributed by atoms with Crippen molar-refractivity contribution in [3.05, 3.63) is 193 Å². The Labute approximate surface area is 330 Å². The highest BCUT2D eigenvalue weighted by molar-refractivity contribution is 7.26. The number of hydrogen-bond acceptors (Lipinski definition) is 3. The molecule has 2 aromatic heterocycles. The average molecular weight is 733 g/mol. The van der Waals surface area contributed by atoms with Gasteiger partial charge in [0.2, 0.25) is 0 Å². The second-order valence-corrected chi connectivity index (χ2v) is 16.4. The Balaban J connectivity index is 1.19. The number of nitrogens with zero attached hydrogens (tertiary/aromatic N) is 2. The molecule has 56 heavy (non-hydrogen) atoms. The minimum atomic E-state index is -0.116. The van der Waals surface area contributed by atoms with Crippen molar-refractivity contribution < 1.29 is 0 Å². The molecule has 0 saturated heterocycles. The van der Waals surface area contributed by atoms with Crippen molar-refractivity contribution in [3.8, 4) is 67.3 Å². The molecule has 264 valence electrons. The predicted octanol–water partition coefficient (Wildman–Crippen LogP) is 14.6. The van der Waals surface area contributed by atoms with Crippen molar-refractivity contribution in [2.45, 2.75) is 19.3 Å². The molecule has 0 atom stereocenters. The molecule has 0 amide bonds. The van der Waals surface area contributed by atoms with Crippen LogP contribution in [0.2, 0.25) is 0 Å². The van der Waals surface area contributed by atoms with Crippen molar-refractivity contribution >= 4 is 42.3 Å². The van der Waals surface area contributed by atoms with E-state index in [4.69, 9.17) is 9.97 Å². The summed E-state index contributed by atoms with van der Waals surface area (Å²) in [6.07, 6.45) is 0. The number of fused-ring (bicyclic) bond motifs is 7. The molecule has 0 saturated carbocycles. The summed E-state index contributed by atoms with van der Waals surface area (Å²) in [4.78, 5) is 10.7. The molecule has 11 rings (SSSR count). The van der Waals surface area contributed by atoms with Gasteiger partial charge in [-0.25, -0.2) is 9.97 Å². The van der Waals surface area contributed by atoms with Gasteiger partial charge in [-0.1, -0.05) is 166 Å². The van der Waals surface area contributed by atoms with E-state index in [1.54, 1.807) is 0 Å². The van der Waals surface area contributed by atoms with E-state index >= 15 is 0 Å². The van der Waals surface area contributed by atoms with Crippen molar-refractivity contribution in [2.24, 2.45) is 0 Å². The second kappa shape index (κ2) is 12.7. The first kappa shape index (κ1) is 32.7. The van der Waals surface area contributed by atoms with Crippen LogP contribution >= 0.6 is 11.3 Å². The summed E-state index contributed by atoms with van der Waals surface area (Å²) >= 11 is 1.87. The van der Waals surface area contributed by atoms with Gasteiger partial charge in [-0.15, -0.1) is 11.3 Å². The fourth-order valence-corrected chi connectivity index (χ4v) is 10.2. The topological polar surface area (TPSA) is 25.8 Å². The highest BCUT2D eigenvalue weighted by Crippen LogP contribution is 2.52. The maximum Gasteiger partial charge on any atom is 0.160 e. The van der Waals surface area contributed by atoms with E-state index in [0.29, 0.717) is 5.82 Å². The summed E-state index contributed by atoms with van der Waals surface area (Å²) in [5, 5.41) is 5.04. The van der Waals surface area contributed by atoms with Crippen LogP contribution in [0.15, 0.2) is 182 Å². The Morgan fingerprint density at radius 1 is 0.411 bits per heavy atom. The van der Waals surface area contributed by atoms with Gasteiger partial charge in [-0.2, -0.15) is 0 Å². The van der Waals surface area contributed by atoms with Crippen LogP contribution in [0.25, 0.3) is 98.2 Å². The van der Waals surface area contributed by atoms with E-state index in [-0.39, 0.29) is 5.41 Å². The highest BCUT2D eigenvalue weighted by atomic mass is 32.1. The molecule has 0 unspecified atom stereocenters. The molecule has 0 radical (unpaired) electrons. The van der Waals surface area contributed by atoms with E-state index in [2.05, 4.69) is 190 Å². The first-order valence-corrected chi connectivity index (χ1v) is 20.1. The van der Waals surface area contributed by atoms with Crippen LogP contribution in [0.5, 0.6) is 0 Å². The third-order valence-corrected chi connectivity index (χ3v) is 12.9.